The molecule has 0 saturated heterocycles. The van der Waals surface area contributed by atoms with Crippen LogP contribution >= 0.6 is 0 Å². The lowest BCUT2D eigenvalue weighted by atomic mass is 10.1. The molecule has 1 atom stereocenters. The van der Waals surface area contributed by atoms with E-state index in [1.807, 2.05) is 0 Å². The number of nitrogens with zero attached hydrogens (tertiary/aromatic N) is 2. The number of guanidine groups is 2. The van der Waals surface area contributed by atoms with Crippen LogP contribution in [0.3, 0.4) is 0 Å². The smallest absolute Gasteiger partial charge is 0.326 e. The van der Waals surface area contributed by atoms with Gasteiger partial charge in [0.2, 0.25) is 5.91 Å². The van der Waals surface area contributed by atoms with Crippen LogP contribution in [0.1, 0.15) is 12.1 Å². The van der Waals surface area contributed by atoms with Crippen molar-refractivity contribution in [3.8, 4) is 0 Å². The van der Waals surface area contributed by atoms with E-state index < -0.39 is 12.0 Å². The van der Waals surface area contributed by atoms with Gasteiger partial charge in [-0.3, -0.25) is 20.9 Å². The van der Waals surface area contributed by atoms with Crippen LogP contribution in [0.25, 0.3) is 0 Å². The number of carbonyl (C=O) groups is 2. The summed E-state index contributed by atoms with van der Waals surface area (Å²) < 4.78 is 0. The van der Waals surface area contributed by atoms with Crippen molar-refractivity contribution in [2.75, 3.05) is 20.6 Å². The van der Waals surface area contributed by atoms with Gasteiger partial charge >= 0.3 is 5.97 Å². The Balaban J connectivity index is 0.000000547. The van der Waals surface area contributed by atoms with Crippen molar-refractivity contribution in [2.24, 2.45) is 11.5 Å². The van der Waals surface area contributed by atoms with E-state index in [9.17, 15) is 9.59 Å². The molecule has 0 radical (unpaired) electrons. The molecule has 1 rings (SSSR count). The van der Waals surface area contributed by atoms with Gasteiger partial charge in [0.15, 0.2) is 11.9 Å². The molecule has 0 fully saturated rings. The van der Waals surface area contributed by atoms with Gasteiger partial charge in [-0.2, -0.15) is 0 Å². The van der Waals surface area contributed by atoms with E-state index in [4.69, 9.17) is 27.4 Å². The lowest BCUT2D eigenvalue weighted by Crippen LogP contribution is -2.42. The molecule has 0 aliphatic heterocycles. The summed E-state index contributed by atoms with van der Waals surface area (Å²) in [6.45, 7) is 0.195. The number of rotatable bonds is 6. The highest BCUT2D eigenvalue weighted by molar-refractivity contribution is 5.94. The second-order valence-corrected chi connectivity index (χ2v) is 5.04. The van der Waals surface area contributed by atoms with Crippen LogP contribution in [0, 0.1) is 10.8 Å². The fraction of sp³-hybridized carbons (Fsp3) is 0.462. The van der Waals surface area contributed by atoms with Gasteiger partial charge in [-0.25, -0.2) is 9.78 Å². The van der Waals surface area contributed by atoms with Crippen molar-refractivity contribution in [2.45, 2.75) is 18.9 Å². The molecule has 25 heavy (non-hydrogen) atoms. The summed E-state index contributed by atoms with van der Waals surface area (Å²) in [5, 5.41) is 27.4. The van der Waals surface area contributed by atoms with E-state index in [-0.39, 0.29) is 37.2 Å². The molecule has 1 aromatic heterocycles. The Labute approximate surface area is 145 Å². The third-order valence-corrected chi connectivity index (χ3v) is 2.67. The Kier molecular flexibility index (Phi) is 9.96. The largest absolute Gasteiger partial charge is 0.480 e. The minimum Gasteiger partial charge on any atom is -0.480 e. The summed E-state index contributed by atoms with van der Waals surface area (Å²) in [7, 11) is 3.39. The predicted octanol–water partition coefficient (Wildman–Crippen LogP) is -2.16. The third kappa shape index (κ3) is 10.3. The standard InChI is InChI=1S/C9H14N4O3.C4H11N5/c10-2-1-8(14)13-7(9(15)16)3-6-4-11-5-12-6;1-9(2)4(7)8-3(5)6/h4-5,7H,1-3,10H2,(H,11,12)(H,13,14)(H,15,16);1-2H3,(H5,5,6,7,8). The average Bonchev–Trinajstić information content (AvgIpc) is 2.99. The Morgan fingerprint density at radius 2 is 2.08 bits per heavy atom. The van der Waals surface area contributed by atoms with Crippen LogP contribution in [-0.2, 0) is 16.0 Å². The summed E-state index contributed by atoms with van der Waals surface area (Å²) >= 11 is 0. The molecule has 0 spiro atoms. The first kappa shape index (κ1) is 21.9. The van der Waals surface area contributed by atoms with Gasteiger partial charge in [-0.05, 0) is 0 Å². The fourth-order valence-electron chi connectivity index (χ4n) is 1.45. The zero-order valence-electron chi connectivity index (χ0n) is 14.2. The summed E-state index contributed by atoms with van der Waals surface area (Å²) in [5.74, 6) is -1.56. The number of amides is 1. The molecule has 1 unspecified atom stereocenters. The maximum atomic E-state index is 11.2. The second kappa shape index (κ2) is 11.4. The molecular formula is C13H25N9O3. The minimum absolute atomic E-state index is 0.113. The number of hydrogen-bond donors (Lipinski definition) is 8. The van der Waals surface area contributed by atoms with Gasteiger partial charge in [-0.15, -0.1) is 0 Å². The quantitative estimate of drug-likeness (QED) is 0.207. The Bertz CT molecular complexity index is 571. The topological polar surface area (TPSA) is 210 Å². The molecule has 0 saturated carbocycles. The monoisotopic (exact) mass is 355 g/mol. The van der Waals surface area contributed by atoms with Gasteiger partial charge < -0.3 is 31.8 Å². The predicted molar refractivity (Wildman–Crippen MR) is 92.0 cm³/mol. The molecule has 0 aliphatic rings. The average molecular weight is 355 g/mol. The summed E-state index contributed by atoms with van der Waals surface area (Å²) in [6.07, 6.45) is 3.31. The highest BCUT2D eigenvalue weighted by atomic mass is 16.4. The Hall–Kier alpha value is -3.15. The first-order chi connectivity index (χ1) is 11.7. The van der Waals surface area contributed by atoms with Crippen LogP contribution in [-0.4, -0.2) is 70.5 Å². The molecular weight excluding hydrogens is 330 g/mol. The van der Waals surface area contributed by atoms with Crippen molar-refractivity contribution >= 4 is 23.8 Å². The van der Waals surface area contributed by atoms with Crippen LogP contribution in [0.5, 0.6) is 0 Å². The van der Waals surface area contributed by atoms with Crippen molar-refractivity contribution in [1.29, 1.82) is 10.8 Å². The lowest BCUT2D eigenvalue weighted by Gasteiger charge is -2.13. The summed E-state index contributed by atoms with van der Waals surface area (Å²) in [6, 6.07) is -0.970. The SMILES string of the molecule is CN(C)C(=N)NC(=N)N.NCCC(=O)NC(Cc1c[nH]cn1)C(=O)O. The number of carboxylic acid groups (broad SMARTS) is 1. The first-order valence-corrected chi connectivity index (χ1v) is 7.24. The molecule has 12 nitrogen and oxygen atoms in total. The van der Waals surface area contributed by atoms with E-state index in [1.54, 1.807) is 20.3 Å². The maximum absolute atomic E-state index is 11.2. The number of aromatic amines is 1. The molecule has 10 N–H and O–H groups in total. The van der Waals surface area contributed by atoms with Gasteiger partial charge in [0.05, 0.1) is 12.0 Å². The molecule has 0 aromatic carbocycles. The van der Waals surface area contributed by atoms with E-state index in [0.29, 0.717) is 5.69 Å². The normalized spacial score (nSPS) is 10.7. The Morgan fingerprint density at radius 1 is 1.44 bits per heavy atom. The zero-order valence-corrected chi connectivity index (χ0v) is 14.2. The van der Waals surface area contributed by atoms with Gasteiger partial charge in [0, 0.05) is 39.7 Å². The van der Waals surface area contributed by atoms with E-state index in [0.717, 1.165) is 0 Å². The summed E-state index contributed by atoms with van der Waals surface area (Å²) in [5.41, 5.74) is 10.7. The van der Waals surface area contributed by atoms with Crippen molar-refractivity contribution < 1.29 is 14.7 Å². The summed E-state index contributed by atoms with van der Waals surface area (Å²) in [4.78, 5) is 30.2. The number of imidazole rings is 1. The molecule has 0 aliphatic carbocycles. The van der Waals surface area contributed by atoms with Gasteiger partial charge in [0.1, 0.15) is 6.04 Å². The number of carbonyl (C=O) groups excluding carboxylic acids is 1. The molecule has 1 aromatic rings. The van der Waals surface area contributed by atoms with Crippen molar-refractivity contribution in [3.63, 3.8) is 0 Å². The second-order valence-electron chi connectivity index (χ2n) is 5.04. The number of H-pyrrole nitrogens is 1. The molecule has 0 bridgehead atoms. The minimum atomic E-state index is -1.09. The van der Waals surface area contributed by atoms with Crippen LogP contribution < -0.4 is 22.1 Å². The number of nitrogens with one attached hydrogen (secondary N) is 5. The number of aliphatic carboxylic acids is 1. The first-order valence-electron chi connectivity index (χ1n) is 7.24. The van der Waals surface area contributed by atoms with E-state index in [1.165, 1.54) is 11.2 Å². The highest BCUT2D eigenvalue weighted by Crippen LogP contribution is 1.99. The van der Waals surface area contributed by atoms with Crippen molar-refractivity contribution in [1.82, 2.24) is 25.5 Å². The lowest BCUT2D eigenvalue weighted by molar-refractivity contribution is -0.141. The van der Waals surface area contributed by atoms with E-state index in [2.05, 4.69) is 20.6 Å². The fourth-order valence-corrected chi connectivity index (χ4v) is 1.45. The van der Waals surface area contributed by atoms with Gasteiger partial charge in [-0.1, -0.05) is 0 Å². The Morgan fingerprint density at radius 3 is 2.44 bits per heavy atom. The number of carboxylic acids is 1. The number of nitrogens with two attached hydrogens (primary N) is 2. The van der Waals surface area contributed by atoms with Crippen LogP contribution in [0.4, 0.5) is 0 Å². The maximum Gasteiger partial charge on any atom is 0.326 e. The van der Waals surface area contributed by atoms with Crippen LogP contribution in [0.15, 0.2) is 12.5 Å². The van der Waals surface area contributed by atoms with Crippen LogP contribution in [0.2, 0.25) is 0 Å². The molecule has 1 amide bonds. The molecule has 140 valence electrons. The molecule has 1 heterocycles. The van der Waals surface area contributed by atoms with Crippen molar-refractivity contribution in [3.05, 3.63) is 18.2 Å². The molecule has 12 heteroatoms. The number of hydrogen-bond acceptors (Lipinski definition) is 6. The third-order valence-electron chi connectivity index (χ3n) is 2.67. The number of aromatic nitrogens is 2. The van der Waals surface area contributed by atoms with E-state index >= 15 is 0 Å². The van der Waals surface area contributed by atoms with Gasteiger partial charge in [0.25, 0.3) is 0 Å². The zero-order chi connectivity index (χ0) is 19.4. The highest BCUT2D eigenvalue weighted by Gasteiger charge is 2.20.